The van der Waals surface area contributed by atoms with Gasteiger partial charge in [-0.3, -0.25) is 14.9 Å². The molecule has 1 heterocycles. The predicted octanol–water partition coefficient (Wildman–Crippen LogP) is 4.63. The Balaban J connectivity index is 1.89. The standard InChI is InChI=1S/C20H16N2O4/c1-2-19(23)26-18-5-3-4-15-9-11-16(21-20(15)18)10-6-14-7-12-17(13-8-14)22(24)25/h3-13H,2H2,1H3. The molecule has 0 saturated heterocycles. The van der Waals surface area contributed by atoms with Gasteiger partial charge in [-0.25, -0.2) is 4.98 Å². The molecule has 6 heteroatoms. The predicted molar refractivity (Wildman–Crippen MR) is 99.7 cm³/mol. The maximum atomic E-state index is 11.6. The molecule has 1 aromatic heterocycles. The third-order valence-corrected chi connectivity index (χ3v) is 3.77. The average Bonchev–Trinajstić information content (AvgIpc) is 2.66. The van der Waals surface area contributed by atoms with Crippen LogP contribution in [-0.4, -0.2) is 15.9 Å². The molecule has 6 nitrogen and oxygen atoms in total. The minimum Gasteiger partial charge on any atom is -0.424 e. The summed E-state index contributed by atoms with van der Waals surface area (Å²) in [5.74, 6) is 0.117. The van der Waals surface area contributed by atoms with Crippen LogP contribution < -0.4 is 4.74 Å². The molecule has 0 unspecified atom stereocenters. The van der Waals surface area contributed by atoms with Gasteiger partial charge in [-0.2, -0.15) is 0 Å². The number of benzene rings is 2. The summed E-state index contributed by atoms with van der Waals surface area (Å²) in [5.41, 5.74) is 2.17. The van der Waals surface area contributed by atoms with E-state index >= 15 is 0 Å². The first-order valence-corrected chi connectivity index (χ1v) is 8.10. The summed E-state index contributed by atoms with van der Waals surface area (Å²) in [4.78, 5) is 26.4. The van der Waals surface area contributed by atoms with Crippen molar-refractivity contribution in [2.75, 3.05) is 0 Å². The Morgan fingerprint density at radius 3 is 2.58 bits per heavy atom. The van der Waals surface area contributed by atoms with Crippen LogP contribution in [0, 0.1) is 10.1 Å². The maximum Gasteiger partial charge on any atom is 0.310 e. The number of aromatic nitrogens is 1. The lowest BCUT2D eigenvalue weighted by Gasteiger charge is -2.06. The van der Waals surface area contributed by atoms with Gasteiger partial charge in [0.15, 0.2) is 5.75 Å². The highest BCUT2D eigenvalue weighted by Crippen LogP contribution is 2.25. The van der Waals surface area contributed by atoms with Gasteiger partial charge in [0.05, 0.1) is 10.6 Å². The number of esters is 1. The quantitative estimate of drug-likeness (QED) is 0.290. The number of nitrogens with zero attached hydrogens (tertiary/aromatic N) is 2. The van der Waals surface area contributed by atoms with Gasteiger partial charge in [0.25, 0.3) is 5.69 Å². The Morgan fingerprint density at radius 1 is 1.12 bits per heavy atom. The van der Waals surface area contributed by atoms with Crippen molar-refractivity contribution in [3.8, 4) is 5.75 Å². The van der Waals surface area contributed by atoms with Crippen molar-refractivity contribution in [2.45, 2.75) is 13.3 Å². The molecule has 0 atom stereocenters. The molecule has 0 bridgehead atoms. The maximum absolute atomic E-state index is 11.6. The van der Waals surface area contributed by atoms with Gasteiger partial charge in [0.1, 0.15) is 5.52 Å². The lowest BCUT2D eigenvalue weighted by molar-refractivity contribution is -0.384. The Labute approximate surface area is 149 Å². The number of para-hydroxylation sites is 1. The van der Waals surface area contributed by atoms with Crippen LogP contribution in [-0.2, 0) is 4.79 Å². The van der Waals surface area contributed by atoms with E-state index in [1.54, 1.807) is 31.2 Å². The van der Waals surface area contributed by atoms with Crippen molar-refractivity contribution in [3.63, 3.8) is 0 Å². The number of rotatable bonds is 5. The number of carbonyl (C=O) groups excluding carboxylic acids is 1. The van der Waals surface area contributed by atoms with Crippen molar-refractivity contribution in [2.24, 2.45) is 0 Å². The zero-order valence-electron chi connectivity index (χ0n) is 14.1. The van der Waals surface area contributed by atoms with E-state index in [1.807, 2.05) is 30.3 Å². The second-order valence-electron chi connectivity index (χ2n) is 5.57. The van der Waals surface area contributed by atoms with E-state index in [4.69, 9.17) is 4.74 Å². The van der Waals surface area contributed by atoms with Gasteiger partial charge in [-0.15, -0.1) is 0 Å². The molecule has 0 aliphatic carbocycles. The zero-order chi connectivity index (χ0) is 18.5. The first kappa shape index (κ1) is 17.3. The van der Waals surface area contributed by atoms with E-state index < -0.39 is 4.92 Å². The van der Waals surface area contributed by atoms with Crippen LogP contribution in [0.25, 0.3) is 23.1 Å². The minimum absolute atomic E-state index is 0.0494. The third-order valence-electron chi connectivity index (χ3n) is 3.77. The van der Waals surface area contributed by atoms with E-state index in [2.05, 4.69) is 4.98 Å². The Hall–Kier alpha value is -3.54. The number of hydrogen-bond acceptors (Lipinski definition) is 5. The molecule has 0 N–H and O–H groups in total. The highest BCUT2D eigenvalue weighted by Gasteiger charge is 2.08. The molecule has 0 radical (unpaired) electrons. The largest absolute Gasteiger partial charge is 0.424 e. The first-order valence-electron chi connectivity index (χ1n) is 8.10. The van der Waals surface area contributed by atoms with Gasteiger partial charge in [0.2, 0.25) is 0 Å². The van der Waals surface area contributed by atoms with Crippen LogP contribution in [0.3, 0.4) is 0 Å². The van der Waals surface area contributed by atoms with E-state index in [0.717, 1.165) is 10.9 Å². The summed E-state index contributed by atoms with van der Waals surface area (Å²) >= 11 is 0. The summed E-state index contributed by atoms with van der Waals surface area (Å²) in [6, 6.07) is 15.4. The number of non-ortho nitro benzene ring substituents is 1. The minimum atomic E-state index is -0.433. The summed E-state index contributed by atoms with van der Waals surface area (Å²) in [6.07, 6.45) is 3.91. The lowest BCUT2D eigenvalue weighted by Crippen LogP contribution is -2.06. The highest BCUT2D eigenvalue weighted by molar-refractivity contribution is 5.88. The number of ether oxygens (including phenoxy) is 1. The van der Waals surface area contributed by atoms with Gasteiger partial charge in [-0.05, 0) is 35.9 Å². The fraction of sp³-hybridized carbons (Fsp3) is 0.100. The van der Waals surface area contributed by atoms with Crippen LogP contribution in [0.1, 0.15) is 24.6 Å². The van der Waals surface area contributed by atoms with Crippen LogP contribution in [0.5, 0.6) is 5.75 Å². The lowest BCUT2D eigenvalue weighted by atomic mass is 10.1. The Kier molecular flexibility index (Phi) is 5.03. The molecule has 0 fully saturated rings. The molecule has 0 aliphatic heterocycles. The fourth-order valence-corrected chi connectivity index (χ4v) is 2.39. The summed E-state index contributed by atoms with van der Waals surface area (Å²) in [5, 5.41) is 11.6. The van der Waals surface area contributed by atoms with Gasteiger partial charge in [-0.1, -0.05) is 31.2 Å². The summed E-state index contributed by atoms with van der Waals surface area (Å²) in [7, 11) is 0. The van der Waals surface area contributed by atoms with Gasteiger partial charge < -0.3 is 4.74 Å². The first-order chi connectivity index (χ1) is 12.6. The number of pyridine rings is 1. The molecular weight excluding hydrogens is 332 g/mol. The smallest absolute Gasteiger partial charge is 0.310 e. The normalized spacial score (nSPS) is 11.0. The van der Waals surface area contributed by atoms with Crippen LogP contribution in [0.4, 0.5) is 5.69 Å². The molecule has 26 heavy (non-hydrogen) atoms. The number of nitro groups is 1. The number of nitro benzene ring substituents is 1. The summed E-state index contributed by atoms with van der Waals surface area (Å²) < 4.78 is 5.34. The number of carbonyl (C=O) groups is 1. The van der Waals surface area contributed by atoms with Gasteiger partial charge in [0, 0.05) is 23.9 Å². The van der Waals surface area contributed by atoms with Crippen molar-refractivity contribution in [1.82, 2.24) is 4.98 Å². The molecule has 2 aromatic carbocycles. The van der Waals surface area contributed by atoms with Crippen molar-refractivity contribution in [1.29, 1.82) is 0 Å². The SMILES string of the molecule is CCC(=O)Oc1cccc2ccc(C=Cc3ccc([N+](=O)[O-])cc3)nc12. The topological polar surface area (TPSA) is 82.3 Å². The monoisotopic (exact) mass is 348 g/mol. The van der Waals surface area contributed by atoms with E-state index in [-0.39, 0.29) is 18.1 Å². The van der Waals surface area contributed by atoms with E-state index in [0.29, 0.717) is 17.0 Å². The number of hydrogen-bond donors (Lipinski definition) is 0. The van der Waals surface area contributed by atoms with E-state index in [9.17, 15) is 14.9 Å². The fourth-order valence-electron chi connectivity index (χ4n) is 2.39. The van der Waals surface area contributed by atoms with Crippen molar-refractivity contribution < 1.29 is 14.5 Å². The van der Waals surface area contributed by atoms with Crippen LogP contribution >= 0.6 is 0 Å². The van der Waals surface area contributed by atoms with Gasteiger partial charge >= 0.3 is 5.97 Å². The van der Waals surface area contributed by atoms with E-state index in [1.165, 1.54) is 12.1 Å². The molecule has 130 valence electrons. The Morgan fingerprint density at radius 2 is 1.88 bits per heavy atom. The average molecular weight is 348 g/mol. The molecule has 0 aliphatic rings. The Bertz CT molecular complexity index is 994. The molecule has 0 spiro atoms. The molecular formula is C20H16N2O4. The third kappa shape index (κ3) is 3.92. The summed E-state index contributed by atoms with van der Waals surface area (Å²) in [6.45, 7) is 1.74. The second kappa shape index (κ2) is 7.57. The highest BCUT2D eigenvalue weighted by atomic mass is 16.6. The van der Waals surface area contributed by atoms with Crippen LogP contribution in [0.15, 0.2) is 54.6 Å². The van der Waals surface area contributed by atoms with Crippen LogP contribution in [0.2, 0.25) is 0 Å². The molecule has 3 aromatic rings. The number of fused-ring (bicyclic) bond motifs is 1. The van der Waals surface area contributed by atoms with Crippen molar-refractivity contribution >= 4 is 34.7 Å². The zero-order valence-corrected chi connectivity index (χ0v) is 14.1. The van der Waals surface area contributed by atoms with Crippen molar-refractivity contribution in [3.05, 3.63) is 76.0 Å². The molecule has 0 saturated carbocycles. The molecule has 3 rings (SSSR count). The second-order valence-corrected chi connectivity index (χ2v) is 5.57. The molecule has 0 amide bonds.